The first-order valence-corrected chi connectivity index (χ1v) is 8.20. The minimum atomic E-state index is -4.86. The number of carbonyl (C=O) groups is 1. The van der Waals surface area contributed by atoms with Gasteiger partial charge in [-0.25, -0.2) is 4.98 Å². The molecule has 1 heterocycles. The Morgan fingerprint density at radius 2 is 1.72 bits per heavy atom. The zero-order valence-corrected chi connectivity index (χ0v) is 14.7. The van der Waals surface area contributed by atoms with Crippen LogP contribution in [0.4, 0.5) is 24.8 Å². The van der Waals surface area contributed by atoms with Crippen LogP contribution >= 0.6 is 0 Å². The van der Waals surface area contributed by atoms with Crippen LogP contribution in [0.5, 0.6) is 5.75 Å². The van der Waals surface area contributed by atoms with Crippen LogP contribution in [0.3, 0.4) is 0 Å². The number of halogens is 3. The summed E-state index contributed by atoms with van der Waals surface area (Å²) in [5.74, 6) is -1.01. The summed E-state index contributed by atoms with van der Waals surface area (Å²) >= 11 is 0. The van der Waals surface area contributed by atoms with E-state index < -0.39 is 18.0 Å². The van der Waals surface area contributed by atoms with Gasteiger partial charge in [0.05, 0.1) is 17.2 Å². The van der Waals surface area contributed by atoms with Crippen LogP contribution in [0.15, 0.2) is 60.7 Å². The molecular formula is C20H13F3N4O2. The van der Waals surface area contributed by atoms with E-state index in [4.69, 9.17) is 11.0 Å². The van der Waals surface area contributed by atoms with E-state index in [2.05, 4.69) is 15.0 Å². The largest absolute Gasteiger partial charge is 0.573 e. The molecule has 2 aromatic carbocycles. The number of ether oxygens (including phenoxy) is 1. The highest BCUT2D eigenvalue weighted by Gasteiger charge is 2.32. The van der Waals surface area contributed by atoms with Gasteiger partial charge in [0.1, 0.15) is 17.4 Å². The first-order chi connectivity index (χ1) is 13.8. The van der Waals surface area contributed by atoms with Crippen LogP contribution in [0.1, 0.15) is 15.9 Å². The fourth-order valence-electron chi connectivity index (χ4n) is 2.64. The van der Waals surface area contributed by atoms with E-state index in [1.165, 1.54) is 42.5 Å². The maximum atomic E-state index is 12.6. The molecule has 0 radical (unpaired) electrons. The first-order valence-electron chi connectivity index (χ1n) is 8.20. The van der Waals surface area contributed by atoms with Crippen molar-refractivity contribution in [3.05, 3.63) is 71.8 Å². The van der Waals surface area contributed by atoms with Crippen molar-refractivity contribution >= 4 is 17.5 Å². The number of nitrogens with two attached hydrogens (primary N) is 1. The molecule has 146 valence electrons. The van der Waals surface area contributed by atoms with E-state index >= 15 is 0 Å². The summed E-state index contributed by atoms with van der Waals surface area (Å²) < 4.78 is 41.9. The molecule has 1 aromatic heterocycles. The van der Waals surface area contributed by atoms with Gasteiger partial charge in [0.2, 0.25) is 0 Å². The number of anilines is 2. The number of pyridine rings is 1. The number of carbonyl (C=O) groups excluding carboxylic acids is 1. The lowest BCUT2D eigenvalue weighted by Crippen LogP contribution is -2.17. The number of nitriles is 1. The van der Waals surface area contributed by atoms with Gasteiger partial charge in [0, 0.05) is 11.1 Å². The number of nitrogens with zero attached hydrogens (tertiary/aromatic N) is 2. The predicted octanol–water partition coefficient (Wildman–Crippen LogP) is 4.35. The Kier molecular flexibility index (Phi) is 5.36. The SMILES string of the molecule is N#Cc1ccccc1C(=O)Nc1ccc(-c2ccccc2OC(F)(F)F)c(N)n1. The number of nitrogen functional groups attached to an aromatic ring is 1. The van der Waals surface area contributed by atoms with Gasteiger partial charge in [-0.2, -0.15) is 5.26 Å². The number of para-hydroxylation sites is 1. The van der Waals surface area contributed by atoms with Crippen molar-refractivity contribution < 1.29 is 22.7 Å². The molecule has 0 fully saturated rings. The summed E-state index contributed by atoms with van der Waals surface area (Å²) in [6, 6.07) is 16.5. The Morgan fingerprint density at radius 3 is 2.41 bits per heavy atom. The minimum Gasteiger partial charge on any atom is -0.405 e. The molecule has 0 atom stereocenters. The third-order valence-corrected chi connectivity index (χ3v) is 3.86. The second-order valence-electron chi connectivity index (χ2n) is 5.78. The van der Waals surface area contributed by atoms with Crippen molar-refractivity contribution in [1.82, 2.24) is 4.98 Å². The number of aromatic nitrogens is 1. The highest BCUT2D eigenvalue weighted by Crippen LogP contribution is 2.36. The highest BCUT2D eigenvalue weighted by atomic mass is 19.4. The van der Waals surface area contributed by atoms with E-state index in [-0.39, 0.29) is 33.9 Å². The molecule has 0 aliphatic heterocycles. The number of amides is 1. The zero-order valence-electron chi connectivity index (χ0n) is 14.7. The molecule has 0 saturated heterocycles. The lowest BCUT2D eigenvalue weighted by molar-refractivity contribution is -0.274. The summed E-state index contributed by atoms with van der Waals surface area (Å²) in [6.45, 7) is 0. The van der Waals surface area contributed by atoms with Gasteiger partial charge in [-0.05, 0) is 30.3 Å². The molecular weight excluding hydrogens is 385 g/mol. The lowest BCUT2D eigenvalue weighted by Gasteiger charge is -2.15. The smallest absolute Gasteiger partial charge is 0.405 e. The standard InChI is InChI=1S/C20H13F3N4O2/c21-20(22,23)29-16-8-4-3-7-14(16)15-9-10-17(26-18(15)25)27-19(28)13-6-2-1-5-12(13)11-24/h1-10H,(H3,25,26,27,28). The number of alkyl halides is 3. The normalized spacial score (nSPS) is 10.8. The van der Waals surface area contributed by atoms with Crippen LogP contribution in [-0.4, -0.2) is 17.3 Å². The molecule has 6 nitrogen and oxygen atoms in total. The average molecular weight is 398 g/mol. The van der Waals surface area contributed by atoms with E-state index in [1.54, 1.807) is 12.1 Å². The number of hydrogen-bond acceptors (Lipinski definition) is 5. The van der Waals surface area contributed by atoms with E-state index in [9.17, 15) is 18.0 Å². The fourth-order valence-corrected chi connectivity index (χ4v) is 2.64. The maximum absolute atomic E-state index is 12.6. The lowest BCUT2D eigenvalue weighted by atomic mass is 10.1. The second-order valence-corrected chi connectivity index (χ2v) is 5.78. The van der Waals surface area contributed by atoms with Crippen LogP contribution in [0.2, 0.25) is 0 Å². The van der Waals surface area contributed by atoms with E-state index in [0.29, 0.717) is 0 Å². The summed E-state index contributed by atoms with van der Waals surface area (Å²) in [4.78, 5) is 16.4. The van der Waals surface area contributed by atoms with Crippen LogP contribution in [0.25, 0.3) is 11.1 Å². The molecule has 0 unspecified atom stereocenters. The first kappa shape index (κ1) is 19.7. The molecule has 3 rings (SSSR count). The third-order valence-electron chi connectivity index (χ3n) is 3.86. The highest BCUT2D eigenvalue weighted by molar-refractivity contribution is 6.05. The summed E-state index contributed by atoms with van der Waals surface area (Å²) in [5, 5.41) is 11.6. The second kappa shape index (κ2) is 7.90. The Morgan fingerprint density at radius 1 is 1.03 bits per heavy atom. The van der Waals surface area contributed by atoms with Crippen molar-refractivity contribution in [3.8, 4) is 22.9 Å². The Bertz CT molecular complexity index is 1110. The van der Waals surface area contributed by atoms with Gasteiger partial charge in [-0.3, -0.25) is 4.79 Å². The Hall–Kier alpha value is -4.06. The molecule has 3 aromatic rings. The molecule has 0 bridgehead atoms. The number of benzene rings is 2. The summed E-state index contributed by atoms with van der Waals surface area (Å²) in [7, 11) is 0. The van der Waals surface area contributed by atoms with Gasteiger partial charge in [-0.1, -0.05) is 30.3 Å². The van der Waals surface area contributed by atoms with Gasteiger partial charge >= 0.3 is 6.36 Å². The Balaban J connectivity index is 1.89. The third kappa shape index (κ3) is 4.62. The summed E-state index contributed by atoms with van der Waals surface area (Å²) in [5.41, 5.74) is 6.56. The van der Waals surface area contributed by atoms with Crippen LogP contribution in [0, 0.1) is 11.3 Å². The molecule has 3 N–H and O–H groups in total. The van der Waals surface area contributed by atoms with Crippen molar-refractivity contribution in [2.45, 2.75) is 6.36 Å². The molecule has 29 heavy (non-hydrogen) atoms. The van der Waals surface area contributed by atoms with E-state index in [0.717, 1.165) is 6.07 Å². The van der Waals surface area contributed by atoms with Gasteiger partial charge in [-0.15, -0.1) is 13.2 Å². The maximum Gasteiger partial charge on any atom is 0.573 e. The van der Waals surface area contributed by atoms with Crippen LogP contribution < -0.4 is 15.8 Å². The van der Waals surface area contributed by atoms with Gasteiger partial charge < -0.3 is 15.8 Å². The number of rotatable bonds is 4. The molecule has 0 spiro atoms. The zero-order chi connectivity index (χ0) is 21.0. The monoisotopic (exact) mass is 398 g/mol. The molecule has 0 aliphatic rings. The fraction of sp³-hybridized carbons (Fsp3) is 0.0500. The average Bonchev–Trinajstić information content (AvgIpc) is 2.67. The molecule has 1 amide bonds. The van der Waals surface area contributed by atoms with Crippen molar-refractivity contribution in [2.24, 2.45) is 0 Å². The minimum absolute atomic E-state index is 0.0817. The van der Waals surface area contributed by atoms with Gasteiger partial charge in [0.15, 0.2) is 0 Å². The van der Waals surface area contributed by atoms with Crippen molar-refractivity contribution in [1.29, 1.82) is 5.26 Å². The topological polar surface area (TPSA) is 101 Å². The summed E-state index contributed by atoms with van der Waals surface area (Å²) in [6.07, 6.45) is -4.86. The van der Waals surface area contributed by atoms with Crippen molar-refractivity contribution in [3.63, 3.8) is 0 Å². The Labute approximate surface area is 163 Å². The molecule has 0 saturated carbocycles. The quantitative estimate of drug-likeness (QED) is 0.680. The van der Waals surface area contributed by atoms with Gasteiger partial charge in [0.25, 0.3) is 5.91 Å². The van der Waals surface area contributed by atoms with Crippen molar-refractivity contribution in [2.75, 3.05) is 11.1 Å². The molecule has 0 aliphatic carbocycles. The predicted molar refractivity (Wildman–Crippen MR) is 99.9 cm³/mol. The number of hydrogen-bond donors (Lipinski definition) is 2. The number of nitrogens with one attached hydrogen (secondary N) is 1. The molecule has 9 heteroatoms. The van der Waals surface area contributed by atoms with E-state index in [1.807, 2.05) is 6.07 Å². The van der Waals surface area contributed by atoms with Crippen LogP contribution in [-0.2, 0) is 0 Å².